The summed E-state index contributed by atoms with van der Waals surface area (Å²) in [6.45, 7) is 0. The van der Waals surface area contributed by atoms with Gasteiger partial charge in [0.25, 0.3) is 5.91 Å². The van der Waals surface area contributed by atoms with Gasteiger partial charge in [0.15, 0.2) is 0 Å². The molecule has 0 saturated carbocycles. The van der Waals surface area contributed by atoms with E-state index in [9.17, 15) is 22.8 Å². The van der Waals surface area contributed by atoms with Crippen LogP contribution in [0.1, 0.15) is 16.2 Å². The second-order valence-electron chi connectivity index (χ2n) is 6.04. The Morgan fingerprint density at radius 3 is 2.63 bits per heavy atom. The maximum atomic E-state index is 12.6. The lowest BCUT2D eigenvalue weighted by molar-refractivity contribution is -0.159. The molecule has 152 valence electrons. The molecule has 2 aromatic heterocycles. The number of nitrogens with zero attached hydrogens (tertiary/aromatic N) is 4. The summed E-state index contributed by atoms with van der Waals surface area (Å²) >= 11 is 0. The topological polar surface area (TPSA) is 119 Å². The second-order valence-corrected chi connectivity index (χ2v) is 6.04. The van der Waals surface area contributed by atoms with Gasteiger partial charge in [-0.2, -0.15) is 23.3 Å². The summed E-state index contributed by atoms with van der Waals surface area (Å²) in [5.41, 5.74) is 0.781. The van der Waals surface area contributed by atoms with E-state index in [4.69, 9.17) is 0 Å². The lowest BCUT2D eigenvalue weighted by atomic mass is 10.1. The zero-order valence-electron chi connectivity index (χ0n) is 14.8. The predicted molar refractivity (Wildman–Crippen MR) is 96.9 cm³/mol. The van der Waals surface area contributed by atoms with Gasteiger partial charge < -0.3 is 9.84 Å². The van der Waals surface area contributed by atoms with E-state index in [1.54, 1.807) is 24.3 Å². The fraction of sp³-hybridized carbons (Fsp3) is 0.0556. The van der Waals surface area contributed by atoms with Gasteiger partial charge in [-0.05, 0) is 30.3 Å². The first kappa shape index (κ1) is 19.1. The number of nitrogens with one attached hydrogen (secondary N) is 2. The van der Waals surface area contributed by atoms with Crippen LogP contribution in [0.25, 0.3) is 17.1 Å². The molecule has 0 bridgehead atoms. The zero-order chi connectivity index (χ0) is 21.3. The molecule has 4 aromatic rings. The van der Waals surface area contributed by atoms with Gasteiger partial charge in [0.1, 0.15) is 6.33 Å². The molecule has 12 heteroatoms. The van der Waals surface area contributed by atoms with Crippen LogP contribution in [-0.4, -0.2) is 30.8 Å². The number of hydrogen-bond donors (Lipinski definition) is 2. The summed E-state index contributed by atoms with van der Waals surface area (Å²) < 4.78 is 43.4. The third kappa shape index (κ3) is 3.83. The highest BCUT2D eigenvalue weighted by molar-refractivity contribution is 6.05. The van der Waals surface area contributed by atoms with E-state index >= 15 is 0 Å². The van der Waals surface area contributed by atoms with E-state index in [0.717, 1.165) is 0 Å². The van der Waals surface area contributed by atoms with E-state index in [1.807, 2.05) is 0 Å². The summed E-state index contributed by atoms with van der Waals surface area (Å²) in [5, 5.41) is 11.9. The van der Waals surface area contributed by atoms with Gasteiger partial charge in [-0.15, -0.1) is 0 Å². The van der Waals surface area contributed by atoms with E-state index in [0.29, 0.717) is 11.4 Å². The van der Waals surface area contributed by atoms with Crippen LogP contribution in [0.4, 0.5) is 18.9 Å². The molecule has 0 spiro atoms. The number of H-pyrrole nitrogens is 1. The molecule has 4 rings (SSSR count). The number of rotatable bonds is 4. The highest BCUT2D eigenvalue weighted by Crippen LogP contribution is 2.29. The van der Waals surface area contributed by atoms with Crippen molar-refractivity contribution in [1.82, 2.24) is 24.9 Å². The van der Waals surface area contributed by atoms with Crippen molar-refractivity contribution >= 4 is 11.6 Å². The van der Waals surface area contributed by atoms with Crippen LogP contribution in [-0.2, 0) is 6.18 Å². The lowest BCUT2D eigenvalue weighted by Crippen LogP contribution is -2.15. The maximum absolute atomic E-state index is 12.6. The number of alkyl halides is 3. The standard InChI is InChI=1S/C18H11F3N6O3/c19-18(20,21)16-24-14(26-30-16)10-3-1-4-11(7-10)15(28)23-12-5-2-6-13(8-12)27-9-22-25-17(27)29/h1-9H,(H,23,28)(H,25,29). The number of hydrogen-bond acceptors (Lipinski definition) is 6. The molecule has 2 aromatic carbocycles. The van der Waals surface area contributed by atoms with Crippen molar-refractivity contribution in [3.05, 3.63) is 76.8 Å². The second kappa shape index (κ2) is 7.31. The lowest BCUT2D eigenvalue weighted by Gasteiger charge is -2.08. The first-order valence-electron chi connectivity index (χ1n) is 8.36. The highest BCUT2D eigenvalue weighted by atomic mass is 19.4. The molecule has 0 radical (unpaired) electrons. The molecule has 9 nitrogen and oxygen atoms in total. The van der Waals surface area contributed by atoms with Crippen LogP contribution in [0, 0.1) is 0 Å². The smallest absolute Gasteiger partial charge is 0.329 e. The molecule has 0 fully saturated rings. The normalized spacial score (nSPS) is 11.4. The number of anilines is 1. The fourth-order valence-electron chi connectivity index (χ4n) is 2.62. The molecule has 0 aliphatic carbocycles. The Labute approximate surface area is 165 Å². The summed E-state index contributed by atoms with van der Waals surface area (Å²) in [6.07, 6.45) is -3.46. The van der Waals surface area contributed by atoms with Crippen molar-refractivity contribution in [3.8, 4) is 17.1 Å². The monoisotopic (exact) mass is 416 g/mol. The van der Waals surface area contributed by atoms with Gasteiger partial charge in [0.2, 0.25) is 5.82 Å². The largest absolute Gasteiger partial charge is 0.471 e. The SMILES string of the molecule is O=C(Nc1cccc(-n2cn[nH]c2=O)c1)c1cccc(-c2noc(C(F)(F)F)n2)c1. The summed E-state index contributed by atoms with van der Waals surface area (Å²) in [6, 6.07) is 12.2. The first-order valence-corrected chi connectivity index (χ1v) is 8.36. The maximum Gasteiger partial charge on any atom is 0.471 e. The Bertz CT molecular complexity index is 1270. The Morgan fingerprint density at radius 1 is 1.13 bits per heavy atom. The van der Waals surface area contributed by atoms with Gasteiger partial charge in [0, 0.05) is 16.8 Å². The highest BCUT2D eigenvalue weighted by Gasteiger charge is 2.38. The number of carbonyl (C=O) groups is 1. The summed E-state index contributed by atoms with van der Waals surface area (Å²) in [4.78, 5) is 27.6. The Kier molecular flexibility index (Phi) is 4.66. The number of carbonyl (C=O) groups excluding carboxylic acids is 1. The Morgan fingerprint density at radius 2 is 1.93 bits per heavy atom. The number of aromatic amines is 1. The summed E-state index contributed by atoms with van der Waals surface area (Å²) in [5.74, 6) is -2.29. The third-order valence-electron chi connectivity index (χ3n) is 3.99. The Hall–Kier alpha value is -4.22. The first-order chi connectivity index (χ1) is 14.3. The van der Waals surface area contributed by atoms with Crippen LogP contribution < -0.4 is 11.0 Å². The summed E-state index contributed by atoms with van der Waals surface area (Å²) in [7, 11) is 0. The van der Waals surface area contributed by atoms with Crippen LogP contribution in [0.15, 0.2) is 64.2 Å². The van der Waals surface area contributed by atoms with E-state index in [1.165, 1.54) is 35.2 Å². The molecule has 2 heterocycles. The van der Waals surface area contributed by atoms with Gasteiger partial charge in [-0.25, -0.2) is 14.5 Å². The molecular formula is C18H11F3N6O3. The predicted octanol–water partition coefficient (Wildman–Crippen LogP) is 2.88. The molecule has 0 saturated heterocycles. The molecule has 30 heavy (non-hydrogen) atoms. The van der Waals surface area contributed by atoms with Gasteiger partial charge in [-0.3, -0.25) is 4.79 Å². The molecule has 0 aliphatic heterocycles. The minimum atomic E-state index is -4.76. The minimum Gasteiger partial charge on any atom is -0.329 e. The van der Waals surface area contributed by atoms with E-state index < -0.39 is 23.7 Å². The average molecular weight is 416 g/mol. The molecule has 0 unspecified atom stereocenters. The van der Waals surface area contributed by atoms with E-state index in [2.05, 4.69) is 30.2 Å². The van der Waals surface area contributed by atoms with Crippen LogP contribution in [0.5, 0.6) is 0 Å². The van der Waals surface area contributed by atoms with Gasteiger partial charge >= 0.3 is 17.8 Å². The third-order valence-corrected chi connectivity index (χ3v) is 3.99. The van der Waals surface area contributed by atoms with Crippen molar-refractivity contribution in [2.75, 3.05) is 5.32 Å². The van der Waals surface area contributed by atoms with Crippen LogP contribution in [0.3, 0.4) is 0 Å². The van der Waals surface area contributed by atoms with Crippen molar-refractivity contribution in [2.24, 2.45) is 0 Å². The minimum absolute atomic E-state index is 0.164. The van der Waals surface area contributed by atoms with Crippen molar-refractivity contribution in [3.63, 3.8) is 0 Å². The molecular weight excluding hydrogens is 405 g/mol. The quantitative estimate of drug-likeness (QED) is 0.528. The van der Waals surface area contributed by atoms with Gasteiger partial charge in [0.05, 0.1) is 5.69 Å². The number of aromatic nitrogens is 5. The van der Waals surface area contributed by atoms with Crippen LogP contribution in [0.2, 0.25) is 0 Å². The zero-order valence-corrected chi connectivity index (χ0v) is 14.8. The van der Waals surface area contributed by atoms with Crippen molar-refractivity contribution in [1.29, 1.82) is 0 Å². The van der Waals surface area contributed by atoms with Crippen molar-refractivity contribution < 1.29 is 22.5 Å². The molecule has 0 atom stereocenters. The number of halogens is 3. The van der Waals surface area contributed by atoms with Crippen molar-refractivity contribution in [2.45, 2.75) is 6.18 Å². The Balaban J connectivity index is 1.56. The van der Waals surface area contributed by atoms with Gasteiger partial charge in [-0.1, -0.05) is 23.4 Å². The van der Waals surface area contributed by atoms with Crippen LogP contribution >= 0.6 is 0 Å². The molecule has 1 amide bonds. The van der Waals surface area contributed by atoms with E-state index in [-0.39, 0.29) is 17.0 Å². The average Bonchev–Trinajstić information content (AvgIpc) is 3.37. The number of benzene rings is 2. The number of amides is 1. The molecule has 0 aliphatic rings. The fourth-order valence-corrected chi connectivity index (χ4v) is 2.62. The molecule has 2 N–H and O–H groups in total.